The monoisotopic (exact) mass is 358 g/mol. The van der Waals surface area contributed by atoms with Crippen LogP contribution in [0.15, 0.2) is 36.5 Å². The molecule has 2 heterocycles. The second kappa shape index (κ2) is 8.01. The molecule has 0 aliphatic carbocycles. The zero-order chi connectivity index (χ0) is 18.5. The van der Waals surface area contributed by atoms with E-state index in [1.54, 1.807) is 0 Å². The van der Waals surface area contributed by atoms with E-state index in [1.807, 2.05) is 24.3 Å². The third-order valence-corrected chi connectivity index (χ3v) is 4.18. The van der Waals surface area contributed by atoms with Crippen molar-refractivity contribution in [2.45, 2.75) is 19.4 Å². The summed E-state index contributed by atoms with van der Waals surface area (Å²) in [5.41, 5.74) is 2.10. The first-order chi connectivity index (χ1) is 12.6. The maximum atomic E-state index is 11.2. The van der Waals surface area contributed by atoms with Crippen LogP contribution in [0.25, 0.3) is 0 Å². The summed E-state index contributed by atoms with van der Waals surface area (Å²) in [7, 11) is 1.47. The SMILES string of the molecule is CCCOC1CN(c2ccc(Nc3cc(OC)ncc3[N+](=O)[O-])cc2)C1. The molecule has 8 heteroatoms. The first kappa shape index (κ1) is 17.9. The number of methoxy groups -OCH3 is 1. The van der Waals surface area contributed by atoms with Crippen LogP contribution >= 0.6 is 0 Å². The van der Waals surface area contributed by atoms with E-state index in [0.29, 0.717) is 17.7 Å². The zero-order valence-corrected chi connectivity index (χ0v) is 14.8. The Bertz CT molecular complexity index is 760. The average Bonchev–Trinajstić information content (AvgIpc) is 2.61. The van der Waals surface area contributed by atoms with Crippen molar-refractivity contribution in [1.29, 1.82) is 0 Å². The van der Waals surface area contributed by atoms with E-state index in [9.17, 15) is 10.1 Å². The van der Waals surface area contributed by atoms with Gasteiger partial charge in [-0.2, -0.15) is 0 Å². The molecule has 0 unspecified atom stereocenters. The highest BCUT2D eigenvalue weighted by molar-refractivity contribution is 5.71. The molecule has 1 aliphatic heterocycles. The van der Waals surface area contributed by atoms with Gasteiger partial charge in [-0.3, -0.25) is 10.1 Å². The molecule has 1 aliphatic rings. The van der Waals surface area contributed by atoms with Crippen LogP contribution in [0, 0.1) is 10.1 Å². The number of ether oxygens (including phenoxy) is 2. The molecule has 0 spiro atoms. The van der Waals surface area contributed by atoms with Gasteiger partial charge in [0.05, 0.1) is 18.1 Å². The molecule has 8 nitrogen and oxygen atoms in total. The highest BCUT2D eigenvalue weighted by atomic mass is 16.6. The van der Waals surface area contributed by atoms with E-state index in [4.69, 9.17) is 9.47 Å². The van der Waals surface area contributed by atoms with Gasteiger partial charge < -0.3 is 19.7 Å². The average molecular weight is 358 g/mol. The third-order valence-electron chi connectivity index (χ3n) is 4.18. The quantitative estimate of drug-likeness (QED) is 0.571. The molecular formula is C18H22N4O4. The predicted octanol–water partition coefficient (Wildman–Crippen LogP) is 3.36. The van der Waals surface area contributed by atoms with Crippen molar-refractivity contribution in [3.05, 3.63) is 46.6 Å². The lowest BCUT2D eigenvalue weighted by molar-refractivity contribution is -0.384. The van der Waals surface area contributed by atoms with Crippen molar-refractivity contribution in [1.82, 2.24) is 4.98 Å². The topological polar surface area (TPSA) is 89.8 Å². The van der Waals surface area contributed by atoms with Crippen LogP contribution in [0.5, 0.6) is 5.88 Å². The molecule has 1 aromatic heterocycles. The van der Waals surface area contributed by atoms with Crippen molar-refractivity contribution < 1.29 is 14.4 Å². The van der Waals surface area contributed by atoms with Crippen LogP contribution in [-0.4, -0.2) is 42.8 Å². The van der Waals surface area contributed by atoms with Crippen LogP contribution in [0.2, 0.25) is 0 Å². The lowest BCUT2D eigenvalue weighted by atomic mass is 10.1. The number of aromatic nitrogens is 1. The molecule has 1 aromatic carbocycles. The highest BCUT2D eigenvalue weighted by Gasteiger charge is 2.27. The van der Waals surface area contributed by atoms with Gasteiger partial charge >= 0.3 is 5.69 Å². The fraction of sp³-hybridized carbons (Fsp3) is 0.389. The van der Waals surface area contributed by atoms with Crippen molar-refractivity contribution in [2.24, 2.45) is 0 Å². The van der Waals surface area contributed by atoms with Gasteiger partial charge in [-0.1, -0.05) is 6.92 Å². The number of hydrogen-bond acceptors (Lipinski definition) is 7. The number of hydrogen-bond donors (Lipinski definition) is 1. The summed E-state index contributed by atoms with van der Waals surface area (Å²) in [6, 6.07) is 9.28. The Balaban J connectivity index is 1.66. The Morgan fingerprint density at radius 3 is 2.69 bits per heavy atom. The van der Waals surface area contributed by atoms with Gasteiger partial charge in [-0.05, 0) is 30.7 Å². The Labute approximate surface area is 151 Å². The van der Waals surface area contributed by atoms with E-state index in [2.05, 4.69) is 22.1 Å². The normalized spacial score (nSPS) is 14.0. The van der Waals surface area contributed by atoms with E-state index in [1.165, 1.54) is 19.4 Å². The van der Waals surface area contributed by atoms with Gasteiger partial charge in [-0.15, -0.1) is 0 Å². The van der Waals surface area contributed by atoms with E-state index in [-0.39, 0.29) is 5.69 Å². The van der Waals surface area contributed by atoms with Crippen LogP contribution in [0.3, 0.4) is 0 Å². The molecule has 0 bridgehead atoms. The molecule has 0 amide bonds. The summed E-state index contributed by atoms with van der Waals surface area (Å²) in [5.74, 6) is 0.313. The van der Waals surface area contributed by atoms with E-state index in [0.717, 1.165) is 37.5 Å². The van der Waals surface area contributed by atoms with Crippen LogP contribution < -0.4 is 15.0 Å². The molecule has 2 aromatic rings. The molecule has 1 N–H and O–H groups in total. The van der Waals surface area contributed by atoms with Crippen molar-refractivity contribution in [3.8, 4) is 5.88 Å². The molecule has 0 atom stereocenters. The Morgan fingerprint density at radius 1 is 1.35 bits per heavy atom. The zero-order valence-electron chi connectivity index (χ0n) is 14.8. The van der Waals surface area contributed by atoms with Gasteiger partial charge in [0.1, 0.15) is 11.9 Å². The van der Waals surface area contributed by atoms with Crippen LogP contribution in [0.4, 0.5) is 22.7 Å². The number of nitrogens with zero attached hydrogens (tertiary/aromatic N) is 3. The summed E-state index contributed by atoms with van der Waals surface area (Å²) < 4.78 is 10.7. The summed E-state index contributed by atoms with van der Waals surface area (Å²) >= 11 is 0. The molecule has 26 heavy (non-hydrogen) atoms. The number of pyridine rings is 1. The van der Waals surface area contributed by atoms with Crippen LogP contribution in [-0.2, 0) is 4.74 Å². The second-order valence-corrected chi connectivity index (χ2v) is 6.07. The van der Waals surface area contributed by atoms with Gasteiger partial charge in [0.15, 0.2) is 0 Å². The molecular weight excluding hydrogens is 336 g/mol. The molecule has 3 rings (SSSR count). The molecule has 1 fully saturated rings. The number of nitro groups is 1. The van der Waals surface area contributed by atoms with Gasteiger partial charge in [0.2, 0.25) is 5.88 Å². The van der Waals surface area contributed by atoms with Crippen molar-refractivity contribution >= 4 is 22.7 Å². The molecule has 0 saturated carbocycles. The lowest BCUT2D eigenvalue weighted by Gasteiger charge is -2.40. The number of anilines is 3. The first-order valence-electron chi connectivity index (χ1n) is 8.52. The minimum absolute atomic E-state index is 0.103. The minimum atomic E-state index is -0.473. The summed E-state index contributed by atoms with van der Waals surface area (Å²) in [6.45, 7) is 4.68. The second-order valence-electron chi connectivity index (χ2n) is 6.07. The van der Waals surface area contributed by atoms with Crippen molar-refractivity contribution in [2.75, 3.05) is 37.0 Å². The maximum Gasteiger partial charge on any atom is 0.311 e. The smallest absolute Gasteiger partial charge is 0.311 e. The molecule has 138 valence electrons. The summed E-state index contributed by atoms with van der Waals surface area (Å²) in [6.07, 6.45) is 2.52. The van der Waals surface area contributed by atoms with E-state index < -0.39 is 4.92 Å². The summed E-state index contributed by atoms with van der Waals surface area (Å²) in [5, 5.41) is 14.2. The molecule has 0 radical (unpaired) electrons. The predicted molar refractivity (Wildman–Crippen MR) is 99.4 cm³/mol. The van der Waals surface area contributed by atoms with E-state index >= 15 is 0 Å². The largest absolute Gasteiger partial charge is 0.481 e. The Kier molecular flexibility index (Phi) is 5.52. The van der Waals surface area contributed by atoms with Gasteiger partial charge in [0, 0.05) is 37.1 Å². The Hall–Kier alpha value is -2.87. The summed E-state index contributed by atoms with van der Waals surface area (Å²) in [4.78, 5) is 16.8. The van der Waals surface area contributed by atoms with Crippen LogP contribution in [0.1, 0.15) is 13.3 Å². The minimum Gasteiger partial charge on any atom is -0.481 e. The fourth-order valence-corrected chi connectivity index (χ4v) is 2.74. The van der Waals surface area contributed by atoms with Gasteiger partial charge in [0.25, 0.3) is 0 Å². The maximum absolute atomic E-state index is 11.2. The number of rotatable bonds is 8. The van der Waals surface area contributed by atoms with Gasteiger partial charge in [-0.25, -0.2) is 4.98 Å². The first-order valence-corrected chi connectivity index (χ1v) is 8.52. The highest BCUT2D eigenvalue weighted by Crippen LogP contribution is 2.31. The molecule has 1 saturated heterocycles. The third kappa shape index (κ3) is 4.02. The number of benzene rings is 1. The fourth-order valence-electron chi connectivity index (χ4n) is 2.74. The Morgan fingerprint density at radius 2 is 2.08 bits per heavy atom. The standard InChI is InChI=1S/C18H22N4O4/c1-3-8-26-15-11-21(12-15)14-6-4-13(5-7-14)20-16-9-18(25-2)19-10-17(16)22(23)24/h4-7,9-10,15H,3,8,11-12H2,1-2H3,(H,19,20). The number of nitrogens with one attached hydrogen (secondary N) is 1. The van der Waals surface area contributed by atoms with Crippen molar-refractivity contribution in [3.63, 3.8) is 0 Å². The lowest BCUT2D eigenvalue weighted by Crippen LogP contribution is -2.52.